The number of hydrogen-bond donors (Lipinski definition) is 2. The lowest BCUT2D eigenvalue weighted by molar-refractivity contribution is -0.137. The highest BCUT2D eigenvalue weighted by Crippen LogP contribution is 2.12. The van der Waals surface area contributed by atoms with Gasteiger partial charge in [-0.05, 0) is 30.7 Å². The molecule has 2 N–H and O–H groups in total. The quantitative estimate of drug-likeness (QED) is 0.745. The van der Waals surface area contributed by atoms with Crippen molar-refractivity contribution in [1.29, 1.82) is 0 Å². The van der Waals surface area contributed by atoms with Gasteiger partial charge < -0.3 is 15.2 Å². The first kappa shape index (κ1) is 13.8. The fourth-order valence-electron chi connectivity index (χ4n) is 1.24. The molecule has 96 valence electrons. The normalized spacial score (nSPS) is 10.3. The number of hydrogen-bond acceptors (Lipinski definition) is 3. The van der Waals surface area contributed by atoms with Crippen molar-refractivity contribution in [2.75, 3.05) is 13.2 Å². The Hall–Kier alpha value is -2.30. The summed E-state index contributed by atoms with van der Waals surface area (Å²) in [6.45, 7) is 2.12. The molecule has 0 heterocycles. The number of aliphatic carboxylic acids is 1. The number of carbonyl (C=O) groups is 2. The molecule has 0 atom stereocenters. The van der Waals surface area contributed by atoms with Crippen LogP contribution >= 0.6 is 0 Å². The maximum Gasteiger partial charge on any atom is 0.322 e. The molecular weight excluding hydrogens is 234 g/mol. The molecule has 0 saturated heterocycles. The fraction of sp³-hybridized carbons (Fsp3) is 0.231. The second-order valence-electron chi connectivity index (χ2n) is 3.45. The third kappa shape index (κ3) is 5.16. The molecule has 1 aromatic carbocycles. The van der Waals surface area contributed by atoms with Crippen LogP contribution in [0.1, 0.15) is 12.5 Å². The summed E-state index contributed by atoms with van der Waals surface area (Å²) < 4.78 is 5.28. The summed E-state index contributed by atoms with van der Waals surface area (Å²) in [5.74, 6) is -0.742. The number of benzene rings is 1. The average molecular weight is 249 g/mol. The molecule has 0 aliphatic rings. The van der Waals surface area contributed by atoms with E-state index in [0.717, 1.165) is 11.3 Å². The number of carboxylic acid groups (broad SMARTS) is 1. The van der Waals surface area contributed by atoms with Crippen LogP contribution in [0.2, 0.25) is 0 Å². The lowest BCUT2D eigenvalue weighted by atomic mass is 10.2. The van der Waals surface area contributed by atoms with Crippen LogP contribution in [0.5, 0.6) is 5.75 Å². The van der Waals surface area contributed by atoms with Crippen LogP contribution < -0.4 is 10.1 Å². The molecular formula is C13H15NO4. The van der Waals surface area contributed by atoms with Gasteiger partial charge in [-0.3, -0.25) is 9.59 Å². The molecule has 0 radical (unpaired) electrons. The zero-order valence-electron chi connectivity index (χ0n) is 10.1. The molecule has 0 bridgehead atoms. The molecule has 0 fully saturated rings. The standard InChI is InChI=1S/C13H15NO4/c1-2-18-11-6-3-10(4-7-11)5-8-12(15)14-9-13(16)17/h3-8H,2,9H2,1H3,(H,14,15)(H,16,17)/b8-5+. The molecule has 0 spiro atoms. The number of amides is 1. The molecule has 0 aliphatic heterocycles. The number of ether oxygens (including phenoxy) is 1. The van der Waals surface area contributed by atoms with Crippen LogP contribution in [0, 0.1) is 0 Å². The third-order valence-corrected chi connectivity index (χ3v) is 2.03. The van der Waals surface area contributed by atoms with Crippen molar-refractivity contribution in [3.8, 4) is 5.75 Å². The molecule has 5 nitrogen and oxygen atoms in total. The van der Waals surface area contributed by atoms with Gasteiger partial charge in [-0.25, -0.2) is 0 Å². The topological polar surface area (TPSA) is 75.6 Å². The number of rotatable bonds is 6. The zero-order chi connectivity index (χ0) is 13.4. The van der Waals surface area contributed by atoms with E-state index in [9.17, 15) is 9.59 Å². The van der Waals surface area contributed by atoms with Crippen LogP contribution in [0.15, 0.2) is 30.3 Å². The van der Waals surface area contributed by atoms with Gasteiger partial charge in [0.05, 0.1) is 6.61 Å². The lowest BCUT2D eigenvalue weighted by Crippen LogP contribution is -2.27. The zero-order valence-corrected chi connectivity index (χ0v) is 10.1. The first-order valence-electron chi connectivity index (χ1n) is 5.52. The van der Waals surface area contributed by atoms with Crippen LogP contribution in [-0.2, 0) is 9.59 Å². The van der Waals surface area contributed by atoms with E-state index < -0.39 is 11.9 Å². The average Bonchev–Trinajstić information content (AvgIpc) is 2.36. The molecule has 0 unspecified atom stereocenters. The van der Waals surface area contributed by atoms with E-state index in [4.69, 9.17) is 9.84 Å². The Morgan fingerprint density at radius 1 is 1.33 bits per heavy atom. The molecule has 1 rings (SSSR count). The maximum atomic E-state index is 11.2. The fourth-order valence-corrected chi connectivity index (χ4v) is 1.24. The summed E-state index contributed by atoms with van der Waals surface area (Å²) in [5.41, 5.74) is 0.837. The van der Waals surface area contributed by atoms with Crippen molar-refractivity contribution in [2.24, 2.45) is 0 Å². The van der Waals surface area contributed by atoms with Crippen LogP contribution in [0.4, 0.5) is 0 Å². The van der Waals surface area contributed by atoms with Crippen molar-refractivity contribution in [3.05, 3.63) is 35.9 Å². The Morgan fingerprint density at radius 3 is 2.56 bits per heavy atom. The largest absolute Gasteiger partial charge is 0.494 e. The highest BCUT2D eigenvalue weighted by molar-refractivity contribution is 5.93. The Bertz CT molecular complexity index is 437. The summed E-state index contributed by atoms with van der Waals surface area (Å²) in [5, 5.41) is 10.6. The minimum atomic E-state index is -1.07. The molecule has 18 heavy (non-hydrogen) atoms. The Morgan fingerprint density at radius 2 is 2.00 bits per heavy atom. The van der Waals surface area contributed by atoms with Crippen molar-refractivity contribution in [3.63, 3.8) is 0 Å². The van der Waals surface area contributed by atoms with Gasteiger partial charge in [0.25, 0.3) is 0 Å². The van der Waals surface area contributed by atoms with Crippen LogP contribution in [0.25, 0.3) is 6.08 Å². The van der Waals surface area contributed by atoms with Crippen molar-refractivity contribution >= 4 is 18.0 Å². The van der Waals surface area contributed by atoms with E-state index in [1.807, 2.05) is 19.1 Å². The van der Waals surface area contributed by atoms with Gasteiger partial charge in [0.15, 0.2) is 0 Å². The number of nitrogens with one attached hydrogen (secondary N) is 1. The Balaban J connectivity index is 2.50. The summed E-state index contributed by atoms with van der Waals surface area (Å²) >= 11 is 0. The van der Waals surface area contributed by atoms with Gasteiger partial charge in [-0.2, -0.15) is 0 Å². The Kier molecular flexibility index (Phi) is 5.44. The predicted molar refractivity (Wildman–Crippen MR) is 67.3 cm³/mol. The maximum absolute atomic E-state index is 11.2. The highest BCUT2D eigenvalue weighted by atomic mass is 16.5. The summed E-state index contributed by atoms with van der Waals surface area (Å²) in [6, 6.07) is 7.23. The van der Waals surface area contributed by atoms with Gasteiger partial charge >= 0.3 is 5.97 Å². The van der Waals surface area contributed by atoms with E-state index in [1.165, 1.54) is 6.08 Å². The van der Waals surface area contributed by atoms with Crippen molar-refractivity contribution < 1.29 is 19.4 Å². The second kappa shape index (κ2) is 7.11. The van der Waals surface area contributed by atoms with E-state index in [1.54, 1.807) is 18.2 Å². The van der Waals surface area contributed by atoms with E-state index >= 15 is 0 Å². The van der Waals surface area contributed by atoms with Crippen LogP contribution in [0.3, 0.4) is 0 Å². The van der Waals surface area contributed by atoms with Crippen molar-refractivity contribution in [1.82, 2.24) is 5.32 Å². The first-order valence-corrected chi connectivity index (χ1v) is 5.52. The lowest BCUT2D eigenvalue weighted by Gasteiger charge is -2.02. The molecule has 1 aromatic rings. The van der Waals surface area contributed by atoms with Gasteiger partial charge in [-0.15, -0.1) is 0 Å². The molecule has 1 amide bonds. The number of carbonyl (C=O) groups excluding carboxylic acids is 1. The van der Waals surface area contributed by atoms with Gasteiger partial charge in [-0.1, -0.05) is 12.1 Å². The van der Waals surface area contributed by atoms with Gasteiger partial charge in [0.1, 0.15) is 12.3 Å². The summed E-state index contributed by atoms with van der Waals surface area (Å²) in [7, 11) is 0. The Labute approximate surface area is 105 Å². The van der Waals surface area contributed by atoms with Gasteiger partial charge in [0.2, 0.25) is 5.91 Å². The van der Waals surface area contributed by atoms with Crippen LogP contribution in [-0.4, -0.2) is 30.1 Å². The first-order chi connectivity index (χ1) is 8.61. The molecule has 0 saturated carbocycles. The van der Waals surface area contributed by atoms with E-state index in [2.05, 4.69) is 5.32 Å². The minimum absolute atomic E-state index is 0.382. The van der Waals surface area contributed by atoms with Crippen molar-refractivity contribution in [2.45, 2.75) is 6.92 Å². The minimum Gasteiger partial charge on any atom is -0.494 e. The van der Waals surface area contributed by atoms with E-state index in [-0.39, 0.29) is 6.54 Å². The predicted octanol–water partition coefficient (Wildman–Crippen LogP) is 1.30. The van der Waals surface area contributed by atoms with E-state index in [0.29, 0.717) is 6.61 Å². The highest BCUT2D eigenvalue weighted by Gasteiger charge is 1.99. The molecule has 0 aliphatic carbocycles. The smallest absolute Gasteiger partial charge is 0.322 e. The summed E-state index contributed by atoms with van der Waals surface area (Å²) in [4.78, 5) is 21.4. The third-order valence-electron chi connectivity index (χ3n) is 2.03. The summed E-state index contributed by atoms with van der Waals surface area (Å²) in [6.07, 6.45) is 2.89. The number of carboxylic acids is 1. The monoisotopic (exact) mass is 249 g/mol. The second-order valence-corrected chi connectivity index (χ2v) is 3.45. The van der Waals surface area contributed by atoms with Gasteiger partial charge in [0, 0.05) is 6.08 Å². The molecule has 0 aromatic heterocycles. The molecule has 5 heteroatoms. The SMILES string of the molecule is CCOc1ccc(/C=C/C(=O)NCC(=O)O)cc1.